The first-order valence-corrected chi connectivity index (χ1v) is 5.49. The molecule has 0 saturated carbocycles. The molecule has 3 heteroatoms. The molecule has 82 valence electrons. The highest BCUT2D eigenvalue weighted by molar-refractivity contribution is 6.30. The summed E-state index contributed by atoms with van der Waals surface area (Å²) in [5, 5.41) is 4.17. The molecule has 1 unspecified atom stereocenters. The molecular formula is C12H16ClNO. The molecule has 1 atom stereocenters. The first-order valence-electron chi connectivity index (χ1n) is 5.11. The lowest BCUT2D eigenvalue weighted by atomic mass is 9.73. The molecule has 1 aromatic rings. The Hall–Kier alpha value is -0.730. The van der Waals surface area contributed by atoms with E-state index in [0.29, 0.717) is 6.04 Å². The second-order valence-electron chi connectivity index (χ2n) is 4.69. The molecule has 1 heterocycles. The standard InChI is InChI=1S/C12H16ClNO/c1-12(2)7-14-11(12)9-6-8(13)4-5-10(9)15-3/h4-6,11,14H,7H2,1-3H3. The van der Waals surface area contributed by atoms with E-state index >= 15 is 0 Å². The average molecular weight is 226 g/mol. The van der Waals surface area contributed by atoms with Gasteiger partial charge in [-0.05, 0) is 23.6 Å². The summed E-state index contributed by atoms with van der Waals surface area (Å²) in [5.74, 6) is 0.907. The molecule has 1 aliphatic heterocycles. The van der Waals surface area contributed by atoms with Crippen LogP contribution < -0.4 is 10.1 Å². The largest absolute Gasteiger partial charge is 0.496 e. The molecule has 1 saturated heterocycles. The van der Waals surface area contributed by atoms with Gasteiger partial charge >= 0.3 is 0 Å². The van der Waals surface area contributed by atoms with E-state index in [2.05, 4.69) is 19.2 Å². The van der Waals surface area contributed by atoms with E-state index in [4.69, 9.17) is 16.3 Å². The number of benzene rings is 1. The molecule has 1 aliphatic rings. The lowest BCUT2D eigenvalue weighted by Crippen LogP contribution is -2.52. The SMILES string of the molecule is COc1ccc(Cl)cc1C1NCC1(C)C. The number of halogens is 1. The second kappa shape index (κ2) is 3.69. The molecule has 1 N–H and O–H groups in total. The molecule has 0 amide bonds. The van der Waals surface area contributed by atoms with Crippen molar-refractivity contribution in [2.75, 3.05) is 13.7 Å². The fraction of sp³-hybridized carbons (Fsp3) is 0.500. The van der Waals surface area contributed by atoms with Gasteiger partial charge in [-0.1, -0.05) is 25.4 Å². The third-order valence-electron chi connectivity index (χ3n) is 3.05. The zero-order chi connectivity index (χ0) is 11.1. The van der Waals surface area contributed by atoms with Crippen LogP contribution in [0, 0.1) is 5.41 Å². The molecule has 0 spiro atoms. The Kier molecular flexibility index (Phi) is 2.65. The van der Waals surface area contributed by atoms with E-state index in [-0.39, 0.29) is 5.41 Å². The molecule has 1 fully saturated rings. The maximum Gasteiger partial charge on any atom is 0.123 e. The van der Waals surface area contributed by atoms with Crippen molar-refractivity contribution >= 4 is 11.6 Å². The minimum absolute atomic E-state index is 0.276. The van der Waals surface area contributed by atoms with E-state index in [1.807, 2.05) is 18.2 Å². The van der Waals surface area contributed by atoms with Crippen LogP contribution in [0.4, 0.5) is 0 Å². The first-order chi connectivity index (χ1) is 7.04. The minimum Gasteiger partial charge on any atom is -0.496 e. The quantitative estimate of drug-likeness (QED) is 0.836. The van der Waals surface area contributed by atoms with Gasteiger partial charge in [0.2, 0.25) is 0 Å². The van der Waals surface area contributed by atoms with Gasteiger partial charge < -0.3 is 10.1 Å². The fourth-order valence-corrected chi connectivity index (χ4v) is 2.25. The van der Waals surface area contributed by atoms with Crippen LogP contribution in [-0.2, 0) is 0 Å². The van der Waals surface area contributed by atoms with Gasteiger partial charge in [0.15, 0.2) is 0 Å². The molecule has 2 nitrogen and oxygen atoms in total. The maximum atomic E-state index is 6.01. The highest BCUT2D eigenvalue weighted by Crippen LogP contribution is 2.44. The predicted molar refractivity (Wildman–Crippen MR) is 62.5 cm³/mol. The van der Waals surface area contributed by atoms with Crippen LogP contribution >= 0.6 is 11.6 Å². The van der Waals surface area contributed by atoms with Crippen LogP contribution in [0.3, 0.4) is 0 Å². The summed E-state index contributed by atoms with van der Waals surface area (Å²) in [6, 6.07) is 6.11. The van der Waals surface area contributed by atoms with Gasteiger partial charge in [-0.25, -0.2) is 0 Å². The first kappa shape index (κ1) is 10.8. The van der Waals surface area contributed by atoms with Gasteiger partial charge in [0.25, 0.3) is 0 Å². The van der Waals surface area contributed by atoms with Crippen molar-refractivity contribution in [1.82, 2.24) is 5.32 Å². The highest BCUT2D eigenvalue weighted by atomic mass is 35.5. The van der Waals surface area contributed by atoms with Gasteiger partial charge in [-0.15, -0.1) is 0 Å². The van der Waals surface area contributed by atoms with E-state index < -0.39 is 0 Å². The van der Waals surface area contributed by atoms with Crippen LogP contribution in [-0.4, -0.2) is 13.7 Å². The molecule has 2 rings (SSSR count). The smallest absolute Gasteiger partial charge is 0.123 e. The number of rotatable bonds is 2. The molecule has 15 heavy (non-hydrogen) atoms. The van der Waals surface area contributed by atoms with Gasteiger partial charge in [0.05, 0.1) is 7.11 Å². The monoisotopic (exact) mass is 225 g/mol. The van der Waals surface area contributed by atoms with Crippen LogP contribution in [0.1, 0.15) is 25.5 Å². The zero-order valence-corrected chi connectivity index (χ0v) is 10.1. The molecule has 0 bridgehead atoms. The molecule has 1 aromatic carbocycles. The van der Waals surface area contributed by atoms with Gasteiger partial charge in [0, 0.05) is 23.2 Å². The summed E-state index contributed by atoms with van der Waals surface area (Å²) in [7, 11) is 1.69. The van der Waals surface area contributed by atoms with Crippen molar-refractivity contribution in [3.05, 3.63) is 28.8 Å². The van der Waals surface area contributed by atoms with Gasteiger partial charge in [-0.3, -0.25) is 0 Å². The summed E-state index contributed by atoms with van der Waals surface area (Å²) in [5.41, 5.74) is 1.43. The lowest BCUT2D eigenvalue weighted by Gasteiger charge is -2.46. The van der Waals surface area contributed by atoms with Crippen molar-refractivity contribution in [1.29, 1.82) is 0 Å². The van der Waals surface area contributed by atoms with Crippen LogP contribution in [0.5, 0.6) is 5.75 Å². The highest BCUT2D eigenvalue weighted by Gasteiger charge is 2.40. The molecule has 0 aliphatic carbocycles. The van der Waals surface area contributed by atoms with Crippen molar-refractivity contribution in [2.24, 2.45) is 5.41 Å². The number of nitrogens with one attached hydrogen (secondary N) is 1. The second-order valence-corrected chi connectivity index (χ2v) is 5.13. The predicted octanol–water partition coefficient (Wildman–Crippen LogP) is 3.02. The Morgan fingerprint density at radius 1 is 1.47 bits per heavy atom. The zero-order valence-electron chi connectivity index (χ0n) is 9.30. The van der Waals surface area contributed by atoms with E-state index in [0.717, 1.165) is 22.9 Å². The van der Waals surface area contributed by atoms with E-state index in [1.165, 1.54) is 0 Å². The lowest BCUT2D eigenvalue weighted by molar-refractivity contribution is 0.125. The number of methoxy groups -OCH3 is 1. The maximum absolute atomic E-state index is 6.01. The number of hydrogen-bond donors (Lipinski definition) is 1. The minimum atomic E-state index is 0.276. The Labute approximate surface area is 95.6 Å². The van der Waals surface area contributed by atoms with Gasteiger partial charge in [0.1, 0.15) is 5.75 Å². The summed E-state index contributed by atoms with van der Waals surface area (Å²) in [6.07, 6.45) is 0. The van der Waals surface area contributed by atoms with Crippen LogP contribution in [0.2, 0.25) is 5.02 Å². The normalized spacial score (nSPS) is 23.3. The van der Waals surface area contributed by atoms with Crippen LogP contribution in [0.15, 0.2) is 18.2 Å². The van der Waals surface area contributed by atoms with E-state index in [1.54, 1.807) is 7.11 Å². The molecule has 0 radical (unpaired) electrons. The average Bonchev–Trinajstić information content (AvgIpc) is 2.17. The summed E-state index contributed by atoms with van der Waals surface area (Å²) in [4.78, 5) is 0. The Bertz CT molecular complexity index is 376. The molecular weight excluding hydrogens is 210 g/mol. The molecule has 0 aromatic heterocycles. The van der Waals surface area contributed by atoms with E-state index in [9.17, 15) is 0 Å². The Morgan fingerprint density at radius 3 is 2.67 bits per heavy atom. The number of ether oxygens (including phenoxy) is 1. The topological polar surface area (TPSA) is 21.3 Å². The van der Waals surface area contributed by atoms with Crippen molar-refractivity contribution in [3.63, 3.8) is 0 Å². The Balaban J connectivity index is 2.38. The number of hydrogen-bond acceptors (Lipinski definition) is 2. The summed E-state index contributed by atoms with van der Waals surface area (Å²) >= 11 is 6.01. The third-order valence-corrected chi connectivity index (χ3v) is 3.28. The van der Waals surface area contributed by atoms with Gasteiger partial charge in [-0.2, -0.15) is 0 Å². The fourth-order valence-electron chi connectivity index (χ4n) is 2.07. The Morgan fingerprint density at radius 2 is 2.20 bits per heavy atom. The van der Waals surface area contributed by atoms with Crippen molar-refractivity contribution in [2.45, 2.75) is 19.9 Å². The van der Waals surface area contributed by atoms with Crippen molar-refractivity contribution < 1.29 is 4.74 Å². The third kappa shape index (κ3) is 1.84. The van der Waals surface area contributed by atoms with Crippen LogP contribution in [0.25, 0.3) is 0 Å². The summed E-state index contributed by atoms with van der Waals surface area (Å²) in [6.45, 7) is 5.52. The van der Waals surface area contributed by atoms with Crippen molar-refractivity contribution in [3.8, 4) is 5.75 Å². The summed E-state index contributed by atoms with van der Waals surface area (Å²) < 4.78 is 5.35.